The molecule has 0 aliphatic carbocycles. The predicted octanol–water partition coefficient (Wildman–Crippen LogP) is 0.852. The highest BCUT2D eigenvalue weighted by molar-refractivity contribution is 8.72. The maximum absolute atomic E-state index is 12.4. The van der Waals surface area contributed by atoms with Gasteiger partial charge in [-0.25, -0.2) is 13.2 Å². The highest BCUT2D eigenvalue weighted by Crippen LogP contribution is 2.38. The van der Waals surface area contributed by atoms with Crippen LogP contribution in [0.5, 0.6) is 0 Å². The van der Waals surface area contributed by atoms with Crippen molar-refractivity contribution in [2.75, 3.05) is 5.88 Å². The first-order valence-corrected chi connectivity index (χ1v) is 10.1. The van der Waals surface area contributed by atoms with Gasteiger partial charge in [-0.15, -0.1) is 11.6 Å². The lowest BCUT2D eigenvalue weighted by Gasteiger charge is -2.47. The highest BCUT2D eigenvalue weighted by Gasteiger charge is 2.53. The zero-order valence-electron chi connectivity index (χ0n) is 12.3. The number of benzene rings is 1. The lowest BCUT2D eigenvalue weighted by atomic mass is 10.0. The Labute approximate surface area is 147 Å². The minimum atomic E-state index is -3.81. The molecule has 3 N–H and O–H groups in total. The third-order valence-electron chi connectivity index (χ3n) is 3.45. The number of rotatable bonds is 7. The van der Waals surface area contributed by atoms with Gasteiger partial charge in [0.25, 0.3) is 0 Å². The van der Waals surface area contributed by atoms with Gasteiger partial charge < -0.3 is 15.7 Å². The number of alkyl halides is 1. The Hall–Kier alpha value is -1.55. The molecule has 0 aromatic heterocycles. The van der Waals surface area contributed by atoms with Gasteiger partial charge in [0.05, 0.1) is 4.90 Å². The first kappa shape index (κ1) is 18.8. The van der Waals surface area contributed by atoms with Gasteiger partial charge in [0.1, 0.15) is 11.4 Å². The molecule has 7 nitrogen and oxygen atoms in total. The van der Waals surface area contributed by atoms with E-state index in [1.54, 1.807) is 18.2 Å². The molecule has 2 rings (SSSR count). The van der Waals surface area contributed by atoms with Gasteiger partial charge in [0.2, 0.25) is 14.8 Å². The second-order valence-corrected chi connectivity index (χ2v) is 9.27. The highest BCUT2D eigenvalue weighted by atomic mass is 35.5. The molecule has 0 bridgehead atoms. The molecule has 1 saturated heterocycles. The number of carboxylic acid groups (broad SMARTS) is 1. The summed E-state index contributed by atoms with van der Waals surface area (Å²) in [5.74, 6) is -2.18. The van der Waals surface area contributed by atoms with Crippen LogP contribution in [0.15, 0.2) is 47.4 Å². The van der Waals surface area contributed by atoms with Crippen LogP contribution in [0.3, 0.4) is 0 Å². The predicted molar refractivity (Wildman–Crippen MR) is 91.1 cm³/mol. The summed E-state index contributed by atoms with van der Waals surface area (Å²) in [6, 6.07) is 5.07. The molecule has 0 spiro atoms. The van der Waals surface area contributed by atoms with E-state index in [4.69, 9.17) is 17.3 Å². The van der Waals surface area contributed by atoms with Crippen LogP contribution >= 0.6 is 22.4 Å². The Morgan fingerprint density at radius 2 is 2.00 bits per heavy atom. The van der Waals surface area contributed by atoms with Crippen molar-refractivity contribution >= 4 is 43.1 Å². The van der Waals surface area contributed by atoms with Crippen LogP contribution in [-0.2, 0) is 18.5 Å². The first-order valence-electron chi connectivity index (χ1n) is 6.73. The maximum Gasteiger partial charge on any atom is 0.330 e. The van der Waals surface area contributed by atoms with E-state index in [1.807, 2.05) is 0 Å². The molecule has 1 aromatic rings. The number of carboxylic acids is 1. The van der Waals surface area contributed by atoms with E-state index in [1.165, 1.54) is 12.1 Å². The number of amides is 1. The molecule has 10 heteroatoms. The van der Waals surface area contributed by atoms with Crippen LogP contribution in [0.4, 0.5) is 0 Å². The quantitative estimate of drug-likeness (QED) is 0.306. The molecule has 0 saturated carbocycles. The zero-order chi connectivity index (χ0) is 18.1. The fourth-order valence-electron chi connectivity index (χ4n) is 2.23. The molecule has 1 aliphatic heterocycles. The average Bonchev–Trinajstić information content (AvgIpc) is 2.57. The first-order chi connectivity index (χ1) is 11.2. The summed E-state index contributed by atoms with van der Waals surface area (Å²) in [4.78, 5) is 24.4. The largest absolute Gasteiger partial charge is 0.479 e. The molecule has 1 heterocycles. The monoisotopic (exact) mass is 390 g/mol. The summed E-state index contributed by atoms with van der Waals surface area (Å²) in [7, 11) is -3.37. The summed E-state index contributed by atoms with van der Waals surface area (Å²) in [5.41, 5.74) is 5.77. The number of carbonyl (C=O) groups excluding carboxylic acids is 1. The van der Waals surface area contributed by atoms with Crippen molar-refractivity contribution in [1.82, 2.24) is 4.90 Å². The number of likely N-dealkylation sites (tertiary alicyclic amines) is 1. The van der Waals surface area contributed by atoms with Gasteiger partial charge in [0.15, 0.2) is 6.04 Å². The number of halogens is 1. The number of hydrogen-bond donors (Lipinski definition) is 2. The van der Waals surface area contributed by atoms with Crippen molar-refractivity contribution in [3.8, 4) is 0 Å². The second-order valence-electron chi connectivity index (χ2n) is 5.06. The van der Waals surface area contributed by atoms with Crippen LogP contribution in [0, 0.1) is 0 Å². The van der Waals surface area contributed by atoms with Gasteiger partial charge in [-0.2, -0.15) is 0 Å². The van der Waals surface area contributed by atoms with Gasteiger partial charge in [-0.05, 0) is 17.7 Å². The van der Waals surface area contributed by atoms with E-state index >= 15 is 0 Å². The zero-order valence-corrected chi connectivity index (χ0v) is 14.7. The molecule has 1 amide bonds. The van der Waals surface area contributed by atoms with E-state index in [2.05, 4.69) is 6.58 Å². The standard InChI is InChI=1S/C14H15ClN2O5S2/c1-8(7-15)11(14(19)20)17-12(18)10(16)13(17)23-24(21,22)9-5-3-2-4-6-9/h2-6,10-11,13H,1,7,16H2,(H,19,20)/t10?,11-,13?/m1/s1. The van der Waals surface area contributed by atoms with Gasteiger partial charge in [0, 0.05) is 16.7 Å². The van der Waals surface area contributed by atoms with Crippen LogP contribution < -0.4 is 5.73 Å². The number of β-lactam (4-membered cyclic amide) rings is 1. The van der Waals surface area contributed by atoms with Gasteiger partial charge >= 0.3 is 5.97 Å². The van der Waals surface area contributed by atoms with Crippen molar-refractivity contribution in [2.24, 2.45) is 5.73 Å². The molecule has 1 fully saturated rings. The molecule has 0 radical (unpaired) electrons. The van der Waals surface area contributed by atoms with Crippen molar-refractivity contribution in [3.63, 3.8) is 0 Å². The van der Waals surface area contributed by atoms with Crippen LogP contribution in [-0.4, -0.2) is 53.6 Å². The lowest BCUT2D eigenvalue weighted by Crippen LogP contribution is -2.71. The summed E-state index contributed by atoms with van der Waals surface area (Å²) in [6.45, 7) is 3.54. The summed E-state index contributed by atoms with van der Waals surface area (Å²) < 4.78 is 24.9. The minimum Gasteiger partial charge on any atom is -0.479 e. The SMILES string of the molecule is C=C(CCl)[C@H](C(=O)O)N1C(=O)C(N)C1SS(=O)(=O)c1ccccc1. The number of carbonyl (C=O) groups is 2. The van der Waals surface area contributed by atoms with Crippen molar-refractivity contribution in [2.45, 2.75) is 22.4 Å². The average molecular weight is 391 g/mol. The molecule has 130 valence electrons. The number of aliphatic carboxylic acids is 1. The molecule has 2 unspecified atom stereocenters. The minimum absolute atomic E-state index is 0.0459. The van der Waals surface area contributed by atoms with E-state index in [9.17, 15) is 23.1 Å². The Morgan fingerprint density at radius 1 is 1.42 bits per heavy atom. The molecule has 24 heavy (non-hydrogen) atoms. The normalized spacial score (nSPS) is 21.9. The summed E-state index contributed by atoms with van der Waals surface area (Å²) in [6.07, 6.45) is 0. The fraction of sp³-hybridized carbons (Fsp3) is 0.286. The van der Waals surface area contributed by atoms with Crippen molar-refractivity contribution in [3.05, 3.63) is 42.5 Å². The molecular formula is C14H15ClN2O5S2. The van der Waals surface area contributed by atoms with Crippen LogP contribution in [0.1, 0.15) is 0 Å². The lowest BCUT2D eigenvalue weighted by molar-refractivity contribution is -0.157. The molecular weight excluding hydrogens is 376 g/mol. The Morgan fingerprint density at radius 3 is 2.50 bits per heavy atom. The number of nitrogens with zero attached hydrogens (tertiary/aromatic N) is 1. The molecule has 1 aliphatic rings. The van der Waals surface area contributed by atoms with E-state index in [0.29, 0.717) is 10.8 Å². The second kappa shape index (κ2) is 7.14. The van der Waals surface area contributed by atoms with E-state index in [0.717, 1.165) is 4.90 Å². The van der Waals surface area contributed by atoms with Crippen LogP contribution in [0.2, 0.25) is 0 Å². The number of hydrogen-bond acceptors (Lipinski definition) is 6. The van der Waals surface area contributed by atoms with Crippen molar-refractivity contribution in [1.29, 1.82) is 0 Å². The fourth-order valence-corrected chi connectivity index (χ4v) is 5.87. The van der Waals surface area contributed by atoms with Crippen LogP contribution in [0.25, 0.3) is 0 Å². The summed E-state index contributed by atoms with van der Waals surface area (Å²) >= 11 is 5.62. The smallest absolute Gasteiger partial charge is 0.330 e. The topological polar surface area (TPSA) is 118 Å². The van der Waals surface area contributed by atoms with E-state index < -0.39 is 38.2 Å². The Kier molecular flexibility index (Phi) is 5.59. The summed E-state index contributed by atoms with van der Waals surface area (Å²) in [5, 5.41) is 8.30. The maximum atomic E-state index is 12.4. The van der Waals surface area contributed by atoms with Gasteiger partial charge in [-0.3, -0.25) is 4.79 Å². The third-order valence-corrected chi connectivity index (χ3v) is 7.54. The number of nitrogens with two attached hydrogens (primary N) is 1. The third kappa shape index (κ3) is 3.44. The van der Waals surface area contributed by atoms with Gasteiger partial charge in [-0.1, -0.05) is 24.8 Å². The van der Waals surface area contributed by atoms with E-state index in [-0.39, 0.29) is 16.3 Å². The molecule has 3 atom stereocenters. The molecule has 1 aromatic carbocycles. The Balaban J connectivity index is 2.30. The van der Waals surface area contributed by atoms with Crippen molar-refractivity contribution < 1.29 is 23.1 Å². The Bertz CT molecular complexity index is 769.